The summed E-state index contributed by atoms with van der Waals surface area (Å²) in [5, 5.41) is 0. The molecule has 1 radical (unpaired) electrons. The minimum atomic E-state index is 0. The first kappa shape index (κ1) is 30.0. The predicted molar refractivity (Wildman–Crippen MR) is 84.9 cm³/mol. The van der Waals surface area contributed by atoms with Crippen LogP contribution in [-0.4, -0.2) is 0 Å². The Labute approximate surface area is 158 Å². The molecule has 0 spiro atoms. The number of halogens is 2. The number of hydrogen-bond donors (Lipinski definition) is 0. The summed E-state index contributed by atoms with van der Waals surface area (Å²) in [6, 6.07) is 0. The van der Waals surface area contributed by atoms with E-state index < -0.39 is 0 Å². The fourth-order valence-corrected chi connectivity index (χ4v) is 2.55. The van der Waals surface area contributed by atoms with Crippen LogP contribution in [0.4, 0.5) is 0 Å². The summed E-state index contributed by atoms with van der Waals surface area (Å²) < 4.78 is 0. The SMILES string of the molecule is [CH2-]CCCCCCCCCCCCCCCCC.[Cl-].[Cl-].[Cr+3]. The van der Waals surface area contributed by atoms with E-state index in [1.165, 1.54) is 96.3 Å². The van der Waals surface area contributed by atoms with Crippen molar-refractivity contribution in [2.45, 2.75) is 110 Å². The van der Waals surface area contributed by atoms with Gasteiger partial charge in [0.05, 0.1) is 0 Å². The van der Waals surface area contributed by atoms with Gasteiger partial charge < -0.3 is 31.7 Å². The van der Waals surface area contributed by atoms with Gasteiger partial charge in [0.1, 0.15) is 0 Å². The summed E-state index contributed by atoms with van der Waals surface area (Å²) in [5.74, 6) is 0. The van der Waals surface area contributed by atoms with Crippen LogP contribution in [0.1, 0.15) is 110 Å². The molecule has 0 aliphatic heterocycles. The second-order valence-corrected chi connectivity index (χ2v) is 5.80. The standard InChI is InChI=1S/C18H37.2ClH.Cr/c1-3-5-7-9-11-13-15-17-18-16-14-12-10-8-6-4-2;;;/h1,3-18H2,2H3;2*1H;/q-1;;;+3/p-2. The third kappa shape index (κ3) is 29.7. The Kier molecular flexibility index (Phi) is 41.7. The van der Waals surface area contributed by atoms with Gasteiger partial charge in [0.2, 0.25) is 0 Å². The molecular formula is C18H37Cl2Cr. The molecule has 0 saturated carbocycles. The van der Waals surface area contributed by atoms with Crippen molar-refractivity contribution in [2.24, 2.45) is 0 Å². The average molecular weight is 376 g/mol. The van der Waals surface area contributed by atoms with E-state index in [0.29, 0.717) is 0 Å². The van der Waals surface area contributed by atoms with Gasteiger partial charge >= 0.3 is 17.4 Å². The molecule has 0 heterocycles. The fourth-order valence-electron chi connectivity index (χ4n) is 2.55. The van der Waals surface area contributed by atoms with Gasteiger partial charge in [-0.2, -0.15) is 6.42 Å². The van der Waals surface area contributed by atoms with E-state index in [1.807, 2.05) is 0 Å². The van der Waals surface area contributed by atoms with E-state index in [4.69, 9.17) is 0 Å². The van der Waals surface area contributed by atoms with Crippen LogP contribution in [0.5, 0.6) is 0 Å². The Bertz CT molecular complexity index is 127. The van der Waals surface area contributed by atoms with Crippen LogP contribution < -0.4 is 24.8 Å². The van der Waals surface area contributed by atoms with Crippen molar-refractivity contribution in [3.05, 3.63) is 6.92 Å². The largest absolute Gasteiger partial charge is 3.00 e. The molecule has 0 saturated heterocycles. The Morgan fingerprint density at radius 2 is 0.714 bits per heavy atom. The van der Waals surface area contributed by atoms with Gasteiger partial charge in [0.25, 0.3) is 0 Å². The molecule has 3 heteroatoms. The molecular weight excluding hydrogens is 339 g/mol. The number of rotatable bonds is 15. The Morgan fingerprint density at radius 3 is 0.952 bits per heavy atom. The molecule has 0 rings (SSSR count). The van der Waals surface area contributed by atoms with E-state index in [-0.39, 0.29) is 42.2 Å². The first-order valence-corrected chi connectivity index (χ1v) is 8.71. The maximum absolute atomic E-state index is 3.88. The van der Waals surface area contributed by atoms with Crippen molar-refractivity contribution in [3.8, 4) is 0 Å². The quantitative estimate of drug-likeness (QED) is 0.297. The number of unbranched alkanes of at least 4 members (excludes halogenated alkanes) is 15. The molecule has 0 aliphatic rings. The van der Waals surface area contributed by atoms with Gasteiger partial charge in [-0.15, -0.1) is 0 Å². The molecule has 0 fully saturated rings. The smallest absolute Gasteiger partial charge is 1.00 e. The monoisotopic (exact) mass is 375 g/mol. The number of hydrogen-bond acceptors (Lipinski definition) is 0. The Balaban J connectivity index is -0.000000482. The summed E-state index contributed by atoms with van der Waals surface area (Å²) in [6.07, 6.45) is 22.8. The summed E-state index contributed by atoms with van der Waals surface area (Å²) >= 11 is 0. The summed E-state index contributed by atoms with van der Waals surface area (Å²) in [4.78, 5) is 0. The molecule has 0 atom stereocenters. The van der Waals surface area contributed by atoms with Gasteiger partial charge in [0, 0.05) is 0 Å². The van der Waals surface area contributed by atoms with E-state index in [0.717, 1.165) is 6.42 Å². The van der Waals surface area contributed by atoms with Crippen molar-refractivity contribution >= 4 is 0 Å². The molecule has 21 heavy (non-hydrogen) atoms. The minimum Gasteiger partial charge on any atom is -1.00 e. The zero-order chi connectivity index (χ0) is 13.3. The van der Waals surface area contributed by atoms with E-state index >= 15 is 0 Å². The second-order valence-electron chi connectivity index (χ2n) is 5.80. The van der Waals surface area contributed by atoms with Crippen LogP contribution in [0.15, 0.2) is 0 Å². The first-order valence-electron chi connectivity index (χ1n) is 8.71. The van der Waals surface area contributed by atoms with Crippen molar-refractivity contribution in [1.82, 2.24) is 0 Å². The van der Waals surface area contributed by atoms with Gasteiger partial charge in [-0.1, -0.05) is 103 Å². The van der Waals surface area contributed by atoms with Crippen molar-refractivity contribution < 1.29 is 42.2 Å². The molecule has 0 unspecified atom stereocenters. The Morgan fingerprint density at radius 1 is 0.476 bits per heavy atom. The topological polar surface area (TPSA) is 0 Å². The Hall–Kier alpha value is 1.11. The normalized spacial score (nSPS) is 9.43. The fraction of sp³-hybridized carbons (Fsp3) is 0.944. The van der Waals surface area contributed by atoms with Crippen molar-refractivity contribution in [2.75, 3.05) is 0 Å². The van der Waals surface area contributed by atoms with Crippen molar-refractivity contribution in [3.63, 3.8) is 0 Å². The summed E-state index contributed by atoms with van der Waals surface area (Å²) in [5.41, 5.74) is 0. The zero-order valence-corrected chi connectivity index (χ0v) is 17.0. The molecule has 129 valence electrons. The van der Waals surface area contributed by atoms with Gasteiger partial charge in [0.15, 0.2) is 0 Å². The van der Waals surface area contributed by atoms with Crippen LogP contribution in [0.3, 0.4) is 0 Å². The molecule has 0 aromatic carbocycles. The molecule has 0 amide bonds. The molecule has 0 bridgehead atoms. The maximum Gasteiger partial charge on any atom is 3.00 e. The summed E-state index contributed by atoms with van der Waals surface area (Å²) in [7, 11) is 0. The minimum absolute atomic E-state index is 0. The van der Waals surface area contributed by atoms with Crippen molar-refractivity contribution in [1.29, 1.82) is 0 Å². The van der Waals surface area contributed by atoms with Crippen LogP contribution >= 0.6 is 0 Å². The first-order chi connectivity index (χ1) is 8.91. The molecule has 0 aliphatic carbocycles. The molecule has 0 aromatic heterocycles. The van der Waals surface area contributed by atoms with E-state index in [9.17, 15) is 0 Å². The van der Waals surface area contributed by atoms with E-state index in [2.05, 4.69) is 13.8 Å². The van der Waals surface area contributed by atoms with Gasteiger partial charge in [-0.05, 0) is 0 Å². The molecule has 0 nitrogen and oxygen atoms in total. The van der Waals surface area contributed by atoms with Crippen LogP contribution in [0, 0.1) is 6.92 Å². The molecule has 0 aromatic rings. The predicted octanol–water partition coefficient (Wildman–Crippen LogP) is 1.09. The zero-order valence-electron chi connectivity index (χ0n) is 14.2. The van der Waals surface area contributed by atoms with Crippen LogP contribution in [0.25, 0.3) is 0 Å². The van der Waals surface area contributed by atoms with Crippen LogP contribution in [-0.2, 0) is 17.4 Å². The third-order valence-electron chi connectivity index (χ3n) is 3.85. The van der Waals surface area contributed by atoms with Gasteiger partial charge in [-0.3, -0.25) is 0 Å². The third-order valence-corrected chi connectivity index (χ3v) is 3.85. The van der Waals surface area contributed by atoms with Crippen LogP contribution in [0.2, 0.25) is 0 Å². The average Bonchev–Trinajstić information content (AvgIpc) is 2.39. The molecule has 0 N–H and O–H groups in total. The summed E-state index contributed by atoms with van der Waals surface area (Å²) in [6.45, 7) is 6.18. The maximum atomic E-state index is 3.88. The van der Waals surface area contributed by atoms with E-state index in [1.54, 1.807) is 0 Å². The second kappa shape index (κ2) is 29.2. The van der Waals surface area contributed by atoms with Gasteiger partial charge in [-0.25, -0.2) is 0 Å².